The van der Waals surface area contributed by atoms with Crippen LogP contribution in [0, 0.1) is 12.8 Å². The van der Waals surface area contributed by atoms with Crippen molar-refractivity contribution in [2.45, 2.75) is 33.4 Å². The van der Waals surface area contributed by atoms with Gasteiger partial charge in [-0.25, -0.2) is 0 Å². The maximum absolute atomic E-state index is 5.29. The van der Waals surface area contributed by atoms with Crippen LogP contribution in [0.15, 0.2) is 30.3 Å². The van der Waals surface area contributed by atoms with Crippen molar-refractivity contribution in [1.82, 2.24) is 10.3 Å². The SMILES string of the molecule is COCC(NCc1cc(C)nc2ccccc12)C(C)C. The van der Waals surface area contributed by atoms with E-state index in [9.17, 15) is 0 Å². The molecule has 1 heterocycles. The lowest BCUT2D eigenvalue weighted by molar-refractivity contribution is 0.146. The van der Waals surface area contributed by atoms with Crippen LogP contribution in [0.5, 0.6) is 0 Å². The molecule has 2 rings (SSSR count). The van der Waals surface area contributed by atoms with Crippen molar-refractivity contribution in [2.75, 3.05) is 13.7 Å². The highest BCUT2D eigenvalue weighted by molar-refractivity contribution is 5.82. The van der Waals surface area contributed by atoms with Crippen molar-refractivity contribution in [2.24, 2.45) is 5.92 Å². The minimum atomic E-state index is 0.368. The van der Waals surface area contributed by atoms with E-state index in [2.05, 4.69) is 48.4 Å². The standard InChI is InChI=1S/C17H24N2O/c1-12(2)17(11-20-4)18-10-14-9-13(3)19-16-8-6-5-7-15(14)16/h5-9,12,17-18H,10-11H2,1-4H3. The van der Waals surface area contributed by atoms with Crippen LogP contribution in [0.1, 0.15) is 25.1 Å². The number of aromatic nitrogens is 1. The second kappa shape index (κ2) is 6.82. The molecule has 2 aromatic rings. The predicted molar refractivity (Wildman–Crippen MR) is 83.8 cm³/mol. The third-order valence-electron chi connectivity index (χ3n) is 3.64. The Morgan fingerprint density at radius 2 is 2.00 bits per heavy atom. The van der Waals surface area contributed by atoms with Crippen LogP contribution in [0.25, 0.3) is 10.9 Å². The van der Waals surface area contributed by atoms with Crippen LogP contribution in [-0.4, -0.2) is 24.7 Å². The number of hydrogen-bond donors (Lipinski definition) is 1. The maximum Gasteiger partial charge on any atom is 0.0708 e. The molecule has 1 aromatic carbocycles. The Morgan fingerprint density at radius 1 is 1.25 bits per heavy atom. The van der Waals surface area contributed by atoms with Crippen LogP contribution >= 0.6 is 0 Å². The van der Waals surface area contributed by atoms with Gasteiger partial charge in [-0.3, -0.25) is 4.98 Å². The molecule has 1 unspecified atom stereocenters. The number of methoxy groups -OCH3 is 1. The van der Waals surface area contributed by atoms with E-state index in [1.807, 2.05) is 13.0 Å². The van der Waals surface area contributed by atoms with Gasteiger partial charge in [-0.05, 0) is 30.5 Å². The first-order chi connectivity index (χ1) is 9.61. The summed E-state index contributed by atoms with van der Waals surface area (Å²) in [5, 5.41) is 4.83. The highest BCUT2D eigenvalue weighted by Crippen LogP contribution is 2.18. The molecular weight excluding hydrogens is 248 g/mol. The average Bonchev–Trinajstić information content (AvgIpc) is 2.42. The first kappa shape index (κ1) is 14.9. The second-order valence-corrected chi connectivity index (χ2v) is 5.63. The maximum atomic E-state index is 5.29. The fraction of sp³-hybridized carbons (Fsp3) is 0.471. The molecule has 20 heavy (non-hydrogen) atoms. The zero-order valence-electron chi connectivity index (χ0n) is 12.8. The lowest BCUT2D eigenvalue weighted by Gasteiger charge is -2.22. The van der Waals surface area contributed by atoms with Gasteiger partial charge in [0.15, 0.2) is 0 Å². The minimum Gasteiger partial charge on any atom is -0.383 e. The van der Waals surface area contributed by atoms with Gasteiger partial charge in [-0.1, -0.05) is 32.0 Å². The zero-order chi connectivity index (χ0) is 14.5. The van der Waals surface area contributed by atoms with E-state index in [0.29, 0.717) is 12.0 Å². The third kappa shape index (κ3) is 3.56. The Bertz CT molecular complexity index is 566. The van der Waals surface area contributed by atoms with Crippen LogP contribution in [0.3, 0.4) is 0 Å². The Kier molecular flexibility index (Phi) is 5.10. The minimum absolute atomic E-state index is 0.368. The molecule has 0 amide bonds. The lowest BCUT2D eigenvalue weighted by atomic mass is 10.0. The number of ether oxygens (including phenoxy) is 1. The third-order valence-corrected chi connectivity index (χ3v) is 3.64. The normalized spacial score (nSPS) is 13.1. The Labute approximate surface area is 121 Å². The fourth-order valence-corrected chi connectivity index (χ4v) is 2.45. The van der Waals surface area contributed by atoms with Gasteiger partial charge in [0.1, 0.15) is 0 Å². The molecule has 0 radical (unpaired) electrons. The van der Waals surface area contributed by atoms with E-state index in [-0.39, 0.29) is 0 Å². The van der Waals surface area contributed by atoms with Crippen molar-refractivity contribution in [3.05, 3.63) is 41.6 Å². The first-order valence-corrected chi connectivity index (χ1v) is 7.19. The summed E-state index contributed by atoms with van der Waals surface area (Å²) in [6.07, 6.45) is 0. The monoisotopic (exact) mass is 272 g/mol. The number of para-hydroxylation sites is 1. The molecule has 108 valence electrons. The van der Waals surface area contributed by atoms with Gasteiger partial charge in [0, 0.05) is 30.8 Å². The van der Waals surface area contributed by atoms with Crippen LogP contribution in [0.4, 0.5) is 0 Å². The number of aryl methyl sites for hydroxylation is 1. The van der Waals surface area contributed by atoms with E-state index in [0.717, 1.165) is 24.4 Å². The van der Waals surface area contributed by atoms with Crippen molar-refractivity contribution in [1.29, 1.82) is 0 Å². The quantitative estimate of drug-likeness (QED) is 0.876. The molecule has 0 fully saturated rings. The van der Waals surface area contributed by atoms with Gasteiger partial charge in [0.2, 0.25) is 0 Å². The first-order valence-electron chi connectivity index (χ1n) is 7.19. The molecule has 0 aliphatic carbocycles. The molecule has 0 saturated carbocycles. The second-order valence-electron chi connectivity index (χ2n) is 5.63. The summed E-state index contributed by atoms with van der Waals surface area (Å²) in [4.78, 5) is 4.58. The average molecular weight is 272 g/mol. The van der Waals surface area contributed by atoms with Gasteiger partial charge in [-0.15, -0.1) is 0 Å². The zero-order valence-corrected chi connectivity index (χ0v) is 12.8. The van der Waals surface area contributed by atoms with Crippen LogP contribution < -0.4 is 5.32 Å². The molecule has 0 saturated heterocycles. The van der Waals surface area contributed by atoms with Gasteiger partial charge >= 0.3 is 0 Å². The van der Waals surface area contributed by atoms with Crippen molar-refractivity contribution < 1.29 is 4.74 Å². The lowest BCUT2D eigenvalue weighted by Crippen LogP contribution is -2.37. The van der Waals surface area contributed by atoms with E-state index < -0.39 is 0 Å². The number of nitrogens with one attached hydrogen (secondary N) is 1. The summed E-state index contributed by atoms with van der Waals surface area (Å²) in [6, 6.07) is 10.8. The number of nitrogens with zero attached hydrogens (tertiary/aromatic N) is 1. The number of fused-ring (bicyclic) bond motifs is 1. The fourth-order valence-electron chi connectivity index (χ4n) is 2.45. The van der Waals surface area contributed by atoms with Crippen molar-refractivity contribution in [3.63, 3.8) is 0 Å². The number of benzene rings is 1. The largest absolute Gasteiger partial charge is 0.383 e. The topological polar surface area (TPSA) is 34.1 Å². The molecule has 1 aromatic heterocycles. The predicted octanol–water partition coefficient (Wildman–Crippen LogP) is 3.30. The van der Waals surface area contributed by atoms with E-state index >= 15 is 0 Å². The molecule has 1 atom stereocenters. The Balaban J connectivity index is 2.20. The van der Waals surface area contributed by atoms with Gasteiger partial charge < -0.3 is 10.1 Å². The molecular formula is C17H24N2O. The van der Waals surface area contributed by atoms with Gasteiger partial charge in [0.25, 0.3) is 0 Å². The van der Waals surface area contributed by atoms with Gasteiger partial charge in [0.05, 0.1) is 12.1 Å². The number of pyridine rings is 1. The summed E-state index contributed by atoms with van der Waals surface area (Å²) in [7, 11) is 1.75. The molecule has 3 nitrogen and oxygen atoms in total. The molecule has 1 N–H and O–H groups in total. The van der Waals surface area contributed by atoms with E-state index in [4.69, 9.17) is 4.74 Å². The number of hydrogen-bond acceptors (Lipinski definition) is 3. The summed E-state index contributed by atoms with van der Waals surface area (Å²) in [6.45, 7) is 8.06. The van der Waals surface area contributed by atoms with Crippen LogP contribution in [0.2, 0.25) is 0 Å². The van der Waals surface area contributed by atoms with Crippen molar-refractivity contribution >= 4 is 10.9 Å². The smallest absolute Gasteiger partial charge is 0.0708 e. The molecule has 0 bridgehead atoms. The molecule has 0 aliphatic rings. The molecule has 3 heteroatoms. The molecule has 0 aliphatic heterocycles. The van der Waals surface area contributed by atoms with Crippen LogP contribution in [-0.2, 0) is 11.3 Å². The summed E-state index contributed by atoms with van der Waals surface area (Å²) >= 11 is 0. The Morgan fingerprint density at radius 3 is 2.70 bits per heavy atom. The molecule has 0 spiro atoms. The van der Waals surface area contributed by atoms with Crippen molar-refractivity contribution in [3.8, 4) is 0 Å². The van der Waals surface area contributed by atoms with Gasteiger partial charge in [-0.2, -0.15) is 0 Å². The highest BCUT2D eigenvalue weighted by Gasteiger charge is 2.13. The van der Waals surface area contributed by atoms with E-state index in [1.54, 1.807) is 7.11 Å². The summed E-state index contributed by atoms with van der Waals surface area (Å²) < 4.78 is 5.29. The van der Waals surface area contributed by atoms with E-state index in [1.165, 1.54) is 10.9 Å². The summed E-state index contributed by atoms with van der Waals surface area (Å²) in [5.41, 5.74) is 3.43. The highest BCUT2D eigenvalue weighted by atomic mass is 16.5. The number of rotatable bonds is 6. The summed E-state index contributed by atoms with van der Waals surface area (Å²) in [5.74, 6) is 0.546. The Hall–Kier alpha value is -1.45.